The number of hydrogen-bond donors (Lipinski definition) is 2. The summed E-state index contributed by atoms with van der Waals surface area (Å²) < 4.78 is 0. The first kappa shape index (κ1) is 13.2. The maximum atomic E-state index is 10.6. The second-order valence-electron chi connectivity index (χ2n) is 4.66. The van der Waals surface area contributed by atoms with E-state index in [1.807, 2.05) is 56.4 Å². The number of aliphatic hydroxyl groups is 1. The average molecular weight is 241 g/mol. The van der Waals surface area contributed by atoms with Gasteiger partial charge in [-0.25, -0.2) is 0 Å². The number of quaternary nitrogens is 1. The molecule has 1 aliphatic heterocycles. The van der Waals surface area contributed by atoms with Gasteiger partial charge in [0.25, 0.3) is 0 Å². The molecule has 88 valence electrons. The fourth-order valence-electron chi connectivity index (χ4n) is 2.16. The molecule has 3 N–H and O–H groups in total. The molecule has 3 nitrogen and oxygen atoms in total. The third-order valence-corrected chi connectivity index (χ3v) is 2.98. The molecular weight excluding hydrogens is 224 g/mol. The maximum Gasteiger partial charge on any atom is 0.243 e. The van der Waals surface area contributed by atoms with E-state index < -0.39 is 5.72 Å². The van der Waals surface area contributed by atoms with E-state index in [0.29, 0.717) is 0 Å². The van der Waals surface area contributed by atoms with Crippen LogP contribution in [0.1, 0.15) is 26.3 Å². The van der Waals surface area contributed by atoms with Gasteiger partial charge < -0.3 is 17.5 Å². The van der Waals surface area contributed by atoms with Crippen LogP contribution in [-0.4, -0.2) is 16.5 Å². The lowest BCUT2D eigenvalue weighted by Crippen LogP contribution is -3.00. The number of hydrogen-bond acceptors (Lipinski definition) is 2. The molecule has 2 rings (SSSR count). The zero-order valence-electron chi connectivity index (χ0n) is 9.74. The first-order valence-electron chi connectivity index (χ1n) is 5.16. The Bertz CT molecular complexity index is 403. The molecule has 0 radical (unpaired) electrons. The Morgan fingerprint density at radius 2 is 1.75 bits per heavy atom. The summed E-state index contributed by atoms with van der Waals surface area (Å²) in [4.78, 5) is 4.36. The number of benzene rings is 1. The van der Waals surface area contributed by atoms with Gasteiger partial charge in [0.15, 0.2) is 11.4 Å². The molecule has 1 unspecified atom stereocenters. The zero-order chi connectivity index (χ0) is 11.1. The lowest BCUT2D eigenvalue weighted by molar-refractivity contribution is -0.628. The quantitative estimate of drug-likeness (QED) is 0.566. The molecule has 16 heavy (non-hydrogen) atoms. The molecule has 0 bridgehead atoms. The molecule has 1 aromatic rings. The minimum absolute atomic E-state index is 0. The number of nitrogens with two attached hydrogens (primary N) is 1. The highest BCUT2D eigenvalue weighted by molar-refractivity contribution is 5.72. The summed E-state index contributed by atoms with van der Waals surface area (Å²) in [5, 5.41) is 12.7. The summed E-state index contributed by atoms with van der Waals surface area (Å²) in [6.45, 7) is 5.92. The highest BCUT2D eigenvalue weighted by Crippen LogP contribution is 2.34. The fraction of sp³-hybridized carbons (Fsp3) is 0.417. The largest absolute Gasteiger partial charge is 1.00 e. The van der Waals surface area contributed by atoms with Crippen LogP contribution in [0, 0.1) is 0 Å². The normalized spacial score (nSPS) is 27.1. The molecular formula is C12H17ClN2O. The highest BCUT2D eigenvalue weighted by atomic mass is 35.5. The van der Waals surface area contributed by atoms with Crippen LogP contribution in [-0.2, 0) is 5.72 Å². The van der Waals surface area contributed by atoms with Crippen molar-refractivity contribution in [2.75, 3.05) is 0 Å². The van der Waals surface area contributed by atoms with E-state index in [1.165, 1.54) is 0 Å². The molecule has 0 spiro atoms. The maximum absolute atomic E-state index is 10.6. The van der Waals surface area contributed by atoms with Crippen molar-refractivity contribution >= 4 is 5.84 Å². The van der Waals surface area contributed by atoms with Crippen molar-refractivity contribution in [3.8, 4) is 0 Å². The second-order valence-corrected chi connectivity index (χ2v) is 4.66. The fourth-order valence-corrected chi connectivity index (χ4v) is 2.16. The van der Waals surface area contributed by atoms with Crippen LogP contribution in [0.4, 0.5) is 0 Å². The molecule has 0 saturated heterocycles. The van der Waals surface area contributed by atoms with Gasteiger partial charge in [0.2, 0.25) is 5.72 Å². The first-order valence-corrected chi connectivity index (χ1v) is 5.16. The van der Waals surface area contributed by atoms with E-state index in [1.54, 1.807) is 0 Å². The Kier molecular flexibility index (Phi) is 3.43. The molecule has 0 fully saturated rings. The molecule has 4 heteroatoms. The van der Waals surface area contributed by atoms with Crippen molar-refractivity contribution in [3.63, 3.8) is 0 Å². The number of halogens is 1. The summed E-state index contributed by atoms with van der Waals surface area (Å²) in [6.07, 6.45) is 0. The smallest absolute Gasteiger partial charge is 0.243 e. The number of rotatable bonds is 1. The van der Waals surface area contributed by atoms with E-state index in [-0.39, 0.29) is 17.9 Å². The van der Waals surface area contributed by atoms with Crippen molar-refractivity contribution in [3.05, 3.63) is 35.9 Å². The molecule has 1 heterocycles. The third kappa shape index (κ3) is 1.86. The molecule has 1 atom stereocenters. The lowest BCUT2D eigenvalue weighted by atomic mass is 9.86. The van der Waals surface area contributed by atoms with Gasteiger partial charge in [0, 0.05) is 12.5 Å². The van der Waals surface area contributed by atoms with E-state index in [0.717, 1.165) is 11.4 Å². The van der Waals surface area contributed by atoms with E-state index in [9.17, 15) is 5.11 Å². The summed E-state index contributed by atoms with van der Waals surface area (Å²) in [6, 6.07) is 9.61. The number of aliphatic imine (C=N–C) groups is 1. The van der Waals surface area contributed by atoms with Crippen molar-refractivity contribution in [2.45, 2.75) is 32.0 Å². The van der Waals surface area contributed by atoms with Crippen molar-refractivity contribution in [1.82, 2.24) is 0 Å². The van der Waals surface area contributed by atoms with Crippen LogP contribution < -0.4 is 17.7 Å². The van der Waals surface area contributed by atoms with Crippen LogP contribution in [0.3, 0.4) is 0 Å². The Labute approximate surface area is 102 Å². The van der Waals surface area contributed by atoms with E-state index in [4.69, 9.17) is 0 Å². The summed E-state index contributed by atoms with van der Waals surface area (Å²) in [5.41, 5.74) is -0.611. The van der Waals surface area contributed by atoms with Crippen LogP contribution >= 0.6 is 0 Å². The molecule has 1 aromatic carbocycles. The van der Waals surface area contributed by atoms with E-state index in [2.05, 4.69) is 4.99 Å². The van der Waals surface area contributed by atoms with Crippen LogP contribution in [0.5, 0.6) is 0 Å². The van der Waals surface area contributed by atoms with Crippen molar-refractivity contribution in [2.24, 2.45) is 4.99 Å². The monoisotopic (exact) mass is 240 g/mol. The van der Waals surface area contributed by atoms with Gasteiger partial charge in [-0.1, -0.05) is 30.3 Å². The summed E-state index contributed by atoms with van der Waals surface area (Å²) in [7, 11) is 0. The van der Waals surface area contributed by atoms with Gasteiger partial charge in [-0.3, -0.25) is 5.32 Å². The molecule has 1 aliphatic rings. The predicted octanol–water partition coefficient (Wildman–Crippen LogP) is -2.39. The predicted molar refractivity (Wildman–Crippen MR) is 59.5 cm³/mol. The zero-order valence-corrected chi connectivity index (χ0v) is 10.5. The SMILES string of the molecule is CC1=NC(O)(c2ccccc2)C(C)(C)[NH2+]1.[Cl-]. The van der Waals surface area contributed by atoms with Gasteiger partial charge in [-0.2, -0.15) is 4.99 Å². The second kappa shape index (κ2) is 4.17. The van der Waals surface area contributed by atoms with Gasteiger partial charge in [0.1, 0.15) is 0 Å². The number of amidine groups is 1. The van der Waals surface area contributed by atoms with E-state index >= 15 is 0 Å². The summed E-state index contributed by atoms with van der Waals surface area (Å²) in [5.74, 6) is 0.895. The van der Waals surface area contributed by atoms with Gasteiger partial charge >= 0.3 is 0 Å². The van der Waals surface area contributed by atoms with Crippen LogP contribution in [0.2, 0.25) is 0 Å². The molecule has 0 aliphatic carbocycles. The van der Waals surface area contributed by atoms with Crippen molar-refractivity contribution < 1.29 is 22.8 Å². The molecule has 0 amide bonds. The Morgan fingerprint density at radius 3 is 2.19 bits per heavy atom. The molecule has 0 saturated carbocycles. The minimum Gasteiger partial charge on any atom is -1.00 e. The highest BCUT2D eigenvalue weighted by Gasteiger charge is 2.53. The lowest BCUT2D eigenvalue weighted by Gasteiger charge is -2.30. The van der Waals surface area contributed by atoms with Crippen LogP contribution in [0.15, 0.2) is 35.3 Å². The van der Waals surface area contributed by atoms with Gasteiger partial charge in [-0.05, 0) is 13.8 Å². The van der Waals surface area contributed by atoms with Crippen molar-refractivity contribution in [1.29, 1.82) is 0 Å². The average Bonchev–Trinajstić information content (AvgIpc) is 2.38. The standard InChI is InChI=1S/C12H16N2O.ClH/c1-9-13-11(2,3)12(15,14-9)10-7-5-4-6-8-10;/h4-8,15H,1-3H3,(H,13,14);1H. The Balaban J connectivity index is 0.00000128. The minimum atomic E-state index is -1.11. The Morgan fingerprint density at radius 1 is 1.19 bits per heavy atom. The number of nitrogens with zero attached hydrogens (tertiary/aromatic N) is 1. The topological polar surface area (TPSA) is 49.2 Å². The first-order chi connectivity index (χ1) is 6.96. The van der Waals surface area contributed by atoms with Crippen LogP contribution in [0.25, 0.3) is 0 Å². The van der Waals surface area contributed by atoms with Gasteiger partial charge in [-0.15, -0.1) is 0 Å². The Hall–Kier alpha value is -0.900. The third-order valence-electron chi connectivity index (χ3n) is 2.98. The van der Waals surface area contributed by atoms with Gasteiger partial charge in [0.05, 0.1) is 0 Å². The molecule has 0 aromatic heterocycles. The summed E-state index contributed by atoms with van der Waals surface area (Å²) >= 11 is 0.